The predicted molar refractivity (Wildman–Crippen MR) is 75.2 cm³/mol. The van der Waals surface area contributed by atoms with Gasteiger partial charge < -0.3 is 4.90 Å². The summed E-state index contributed by atoms with van der Waals surface area (Å²) in [6, 6.07) is 8.06. The number of rotatable bonds is 5. The number of carbonyl (C=O) groups is 1. The van der Waals surface area contributed by atoms with Crippen molar-refractivity contribution in [3.63, 3.8) is 0 Å². The molecule has 0 atom stereocenters. The van der Waals surface area contributed by atoms with Crippen molar-refractivity contribution >= 4 is 17.3 Å². The minimum atomic E-state index is -0.184. The molecule has 0 saturated heterocycles. The van der Waals surface area contributed by atoms with Gasteiger partial charge in [0.05, 0.1) is 5.71 Å². The molecule has 1 heterocycles. The molecule has 18 heavy (non-hydrogen) atoms. The Balaban J connectivity index is 2.19. The van der Waals surface area contributed by atoms with E-state index in [1.807, 2.05) is 30.3 Å². The highest BCUT2D eigenvalue weighted by atomic mass is 16.1. The van der Waals surface area contributed by atoms with Gasteiger partial charge in [0, 0.05) is 30.4 Å². The first-order chi connectivity index (χ1) is 8.74. The maximum absolute atomic E-state index is 11.0. The molecule has 0 aliphatic carbocycles. The van der Waals surface area contributed by atoms with Crippen LogP contribution in [0.15, 0.2) is 54.1 Å². The number of benzene rings is 1. The molecule has 3 nitrogen and oxygen atoms in total. The average molecular weight is 240 g/mol. The van der Waals surface area contributed by atoms with Crippen LogP contribution in [-0.4, -0.2) is 24.7 Å². The summed E-state index contributed by atoms with van der Waals surface area (Å²) < 4.78 is 0. The quantitative estimate of drug-likeness (QED) is 0.741. The third-order valence-corrected chi connectivity index (χ3v) is 2.87. The lowest BCUT2D eigenvalue weighted by molar-refractivity contribution is -0.113. The van der Waals surface area contributed by atoms with Gasteiger partial charge in [0.15, 0.2) is 0 Å². The van der Waals surface area contributed by atoms with Crippen LogP contribution in [0.3, 0.4) is 0 Å². The average Bonchev–Trinajstić information content (AvgIpc) is 2.83. The Hall–Kier alpha value is -2.16. The number of carbonyl (C=O) groups excluding carboxylic acids is 1. The SMILES string of the molecule is C=CCN(CC)c1ccc(C2=NC(=O)C=C2)cc1. The lowest BCUT2D eigenvalue weighted by Crippen LogP contribution is -2.22. The first-order valence-electron chi connectivity index (χ1n) is 6.01. The molecular weight excluding hydrogens is 224 g/mol. The second kappa shape index (κ2) is 5.45. The summed E-state index contributed by atoms with van der Waals surface area (Å²) in [5.74, 6) is -0.184. The molecule has 0 bridgehead atoms. The van der Waals surface area contributed by atoms with Gasteiger partial charge in [-0.15, -0.1) is 6.58 Å². The van der Waals surface area contributed by atoms with Crippen molar-refractivity contribution in [2.75, 3.05) is 18.0 Å². The van der Waals surface area contributed by atoms with E-state index >= 15 is 0 Å². The van der Waals surface area contributed by atoms with Gasteiger partial charge in [-0.2, -0.15) is 0 Å². The summed E-state index contributed by atoms with van der Waals surface area (Å²) in [5, 5.41) is 0. The second-order valence-corrected chi connectivity index (χ2v) is 4.04. The Bertz CT molecular complexity index is 512. The number of aliphatic imine (C=N–C) groups is 1. The molecule has 0 saturated carbocycles. The molecule has 0 spiro atoms. The maximum Gasteiger partial charge on any atom is 0.270 e. The van der Waals surface area contributed by atoms with E-state index in [9.17, 15) is 4.79 Å². The Morgan fingerprint density at radius 3 is 2.50 bits per heavy atom. The van der Waals surface area contributed by atoms with E-state index in [1.165, 1.54) is 6.08 Å². The number of hydrogen-bond donors (Lipinski definition) is 0. The zero-order valence-electron chi connectivity index (χ0n) is 10.5. The smallest absolute Gasteiger partial charge is 0.270 e. The largest absolute Gasteiger partial charge is 0.368 e. The maximum atomic E-state index is 11.0. The van der Waals surface area contributed by atoms with Gasteiger partial charge in [0.2, 0.25) is 0 Å². The number of nitrogens with zero attached hydrogens (tertiary/aromatic N) is 2. The topological polar surface area (TPSA) is 32.7 Å². The Kier molecular flexibility index (Phi) is 3.72. The lowest BCUT2D eigenvalue weighted by Gasteiger charge is -2.21. The fraction of sp³-hybridized carbons (Fsp3) is 0.200. The van der Waals surface area contributed by atoms with Crippen LogP contribution in [0.25, 0.3) is 0 Å². The Morgan fingerprint density at radius 1 is 1.28 bits per heavy atom. The van der Waals surface area contributed by atoms with Gasteiger partial charge in [-0.3, -0.25) is 4.79 Å². The van der Waals surface area contributed by atoms with Gasteiger partial charge in [-0.1, -0.05) is 18.2 Å². The molecule has 1 aromatic rings. The standard InChI is InChI=1S/C15H16N2O/c1-3-11-17(4-2)13-7-5-12(6-8-13)14-9-10-15(18)16-14/h3,5-10H,1,4,11H2,2H3. The highest BCUT2D eigenvalue weighted by Crippen LogP contribution is 2.17. The first-order valence-corrected chi connectivity index (χ1v) is 6.01. The van der Waals surface area contributed by atoms with E-state index in [0.29, 0.717) is 0 Å². The summed E-state index contributed by atoms with van der Waals surface area (Å²) in [5.41, 5.74) is 2.85. The molecule has 92 valence electrons. The first kappa shape index (κ1) is 12.3. The molecule has 3 heteroatoms. The Labute approximate surface area is 107 Å². The highest BCUT2D eigenvalue weighted by molar-refractivity contribution is 6.20. The van der Waals surface area contributed by atoms with E-state index in [0.717, 1.165) is 30.1 Å². The van der Waals surface area contributed by atoms with Gasteiger partial charge in [-0.05, 0) is 25.1 Å². The van der Waals surface area contributed by atoms with E-state index in [1.54, 1.807) is 6.08 Å². The van der Waals surface area contributed by atoms with Crippen LogP contribution in [0.4, 0.5) is 5.69 Å². The molecule has 1 amide bonds. The minimum absolute atomic E-state index is 0.184. The van der Waals surface area contributed by atoms with Crippen LogP contribution in [0.5, 0.6) is 0 Å². The van der Waals surface area contributed by atoms with Gasteiger partial charge in [0.25, 0.3) is 5.91 Å². The van der Waals surface area contributed by atoms with Crippen molar-refractivity contribution in [2.45, 2.75) is 6.92 Å². The molecular formula is C15H16N2O. The molecule has 0 fully saturated rings. The number of allylic oxidation sites excluding steroid dienone is 1. The molecule has 0 N–H and O–H groups in total. The molecule has 1 aromatic carbocycles. The zero-order chi connectivity index (χ0) is 13.0. The van der Waals surface area contributed by atoms with E-state index in [-0.39, 0.29) is 5.91 Å². The van der Waals surface area contributed by atoms with Crippen LogP contribution < -0.4 is 4.90 Å². The van der Waals surface area contributed by atoms with Crippen molar-refractivity contribution in [3.05, 3.63) is 54.6 Å². The van der Waals surface area contributed by atoms with Crippen LogP contribution in [0.2, 0.25) is 0 Å². The monoisotopic (exact) mass is 240 g/mol. The lowest BCUT2D eigenvalue weighted by atomic mass is 10.1. The van der Waals surface area contributed by atoms with Gasteiger partial charge in [0.1, 0.15) is 0 Å². The van der Waals surface area contributed by atoms with Crippen molar-refractivity contribution in [3.8, 4) is 0 Å². The molecule has 2 rings (SSSR count). The van der Waals surface area contributed by atoms with Crippen LogP contribution in [0, 0.1) is 0 Å². The fourth-order valence-corrected chi connectivity index (χ4v) is 1.92. The number of likely N-dealkylation sites (N-methyl/N-ethyl adjacent to an activating group) is 1. The van der Waals surface area contributed by atoms with E-state index < -0.39 is 0 Å². The fourth-order valence-electron chi connectivity index (χ4n) is 1.92. The molecule has 0 aromatic heterocycles. The van der Waals surface area contributed by atoms with Crippen LogP contribution >= 0.6 is 0 Å². The summed E-state index contributed by atoms with van der Waals surface area (Å²) in [4.78, 5) is 17.2. The number of anilines is 1. The third kappa shape index (κ3) is 2.56. The van der Waals surface area contributed by atoms with Crippen LogP contribution in [-0.2, 0) is 4.79 Å². The summed E-state index contributed by atoms with van der Waals surface area (Å²) in [7, 11) is 0. The van der Waals surface area contributed by atoms with E-state index in [2.05, 4.69) is 23.4 Å². The summed E-state index contributed by atoms with van der Waals surface area (Å²) in [6.07, 6.45) is 5.12. The van der Waals surface area contributed by atoms with Crippen molar-refractivity contribution < 1.29 is 4.79 Å². The van der Waals surface area contributed by atoms with Crippen LogP contribution in [0.1, 0.15) is 12.5 Å². The number of hydrogen-bond acceptors (Lipinski definition) is 2. The van der Waals surface area contributed by atoms with Gasteiger partial charge in [-0.25, -0.2) is 4.99 Å². The Morgan fingerprint density at radius 2 is 2.00 bits per heavy atom. The molecule has 1 aliphatic heterocycles. The molecule has 0 radical (unpaired) electrons. The number of amides is 1. The zero-order valence-corrected chi connectivity index (χ0v) is 10.5. The normalized spacial score (nSPS) is 13.6. The van der Waals surface area contributed by atoms with Crippen molar-refractivity contribution in [1.82, 2.24) is 0 Å². The van der Waals surface area contributed by atoms with E-state index in [4.69, 9.17) is 0 Å². The second-order valence-electron chi connectivity index (χ2n) is 4.04. The van der Waals surface area contributed by atoms with Crippen molar-refractivity contribution in [2.24, 2.45) is 4.99 Å². The van der Waals surface area contributed by atoms with Gasteiger partial charge >= 0.3 is 0 Å². The third-order valence-electron chi connectivity index (χ3n) is 2.87. The minimum Gasteiger partial charge on any atom is -0.368 e. The highest BCUT2D eigenvalue weighted by Gasteiger charge is 2.09. The molecule has 1 aliphatic rings. The van der Waals surface area contributed by atoms with Crippen molar-refractivity contribution in [1.29, 1.82) is 0 Å². The summed E-state index contributed by atoms with van der Waals surface area (Å²) in [6.45, 7) is 7.63. The predicted octanol–water partition coefficient (Wildman–Crippen LogP) is 2.58. The molecule has 0 unspecified atom stereocenters. The summed E-state index contributed by atoms with van der Waals surface area (Å²) >= 11 is 0.